The highest BCUT2D eigenvalue weighted by molar-refractivity contribution is 7.98. The monoisotopic (exact) mass is 451 g/mol. The first kappa shape index (κ1) is 21.5. The van der Waals surface area contributed by atoms with E-state index in [2.05, 4.69) is 10.2 Å². The van der Waals surface area contributed by atoms with E-state index in [0.29, 0.717) is 45.2 Å². The average Bonchev–Trinajstić information content (AvgIpc) is 3.42. The average molecular weight is 452 g/mol. The number of aromatic carboxylic acids is 1. The highest BCUT2D eigenvalue weighted by Crippen LogP contribution is 2.39. The number of para-hydroxylation sites is 1. The van der Waals surface area contributed by atoms with Crippen molar-refractivity contribution in [3.05, 3.63) is 71.5 Å². The number of aromatic nitrogens is 3. The van der Waals surface area contributed by atoms with Crippen LogP contribution in [0.1, 0.15) is 21.7 Å². The third kappa shape index (κ3) is 4.06. The van der Waals surface area contributed by atoms with Gasteiger partial charge in [-0.2, -0.15) is 0 Å². The van der Waals surface area contributed by atoms with Gasteiger partial charge in [0.15, 0.2) is 10.9 Å². The second-order valence-corrected chi connectivity index (χ2v) is 7.76. The predicted molar refractivity (Wildman–Crippen MR) is 120 cm³/mol. The molecule has 0 amide bonds. The quantitative estimate of drug-likeness (QED) is 0.380. The molecule has 2 heterocycles. The largest absolute Gasteiger partial charge is 0.494 e. The fourth-order valence-corrected chi connectivity index (χ4v) is 4.27. The van der Waals surface area contributed by atoms with Crippen molar-refractivity contribution in [1.29, 1.82) is 0 Å². The summed E-state index contributed by atoms with van der Waals surface area (Å²) < 4.78 is 18.8. The van der Waals surface area contributed by atoms with Crippen LogP contribution in [0.3, 0.4) is 0 Å². The number of hydrogen-bond acceptors (Lipinski definition) is 7. The number of aryl methyl sites for hydroxylation is 1. The summed E-state index contributed by atoms with van der Waals surface area (Å²) in [6.45, 7) is 1.85. The molecule has 0 aliphatic rings. The lowest BCUT2D eigenvalue weighted by atomic mass is 10.1. The van der Waals surface area contributed by atoms with Crippen LogP contribution in [0.25, 0.3) is 17.3 Å². The molecule has 0 saturated heterocycles. The summed E-state index contributed by atoms with van der Waals surface area (Å²) in [6.07, 6.45) is 0. The number of ether oxygens (including phenoxy) is 2. The van der Waals surface area contributed by atoms with Gasteiger partial charge in [0.2, 0.25) is 5.82 Å². The third-order valence-electron chi connectivity index (χ3n) is 4.82. The van der Waals surface area contributed by atoms with Crippen molar-refractivity contribution in [3.63, 3.8) is 0 Å². The van der Waals surface area contributed by atoms with Gasteiger partial charge in [0.25, 0.3) is 0 Å². The molecular weight excluding hydrogens is 430 g/mol. The normalized spacial score (nSPS) is 10.8. The fraction of sp³-hybridized carbons (Fsp3) is 0.174. The molecule has 0 atom stereocenters. The smallest absolute Gasteiger partial charge is 0.335 e. The number of benzene rings is 2. The summed E-state index contributed by atoms with van der Waals surface area (Å²) in [5, 5.41) is 18.8. The van der Waals surface area contributed by atoms with Crippen molar-refractivity contribution >= 4 is 17.7 Å². The Balaban J connectivity index is 1.84. The Bertz CT molecular complexity index is 1240. The highest BCUT2D eigenvalue weighted by Gasteiger charge is 2.24. The number of nitrogens with zero attached hydrogens (tertiary/aromatic N) is 3. The van der Waals surface area contributed by atoms with E-state index in [4.69, 9.17) is 13.9 Å². The van der Waals surface area contributed by atoms with Crippen LogP contribution >= 0.6 is 11.8 Å². The lowest BCUT2D eigenvalue weighted by Gasteiger charge is -2.16. The first-order valence-electron chi connectivity index (χ1n) is 9.71. The van der Waals surface area contributed by atoms with Crippen molar-refractivity contribution in [2.24, 2.45) is 0 Å². The van der Waals surface area contributed by atoms with Gasteiger partial charge in [-0.05, 0) is 42.8 Å². The van der Waals surface area contributed by atoms with Crippen LogP contribution in [-0.4, -0.2) is 40.1 Å². The lowest BCUT2D eigenvalue weighted by molar-refractivity contribution is 0.0696. The minimum absolute atomic E-state index is 0.253. The molecule has 0 aliphatic carbocycles. The Morgan fingerprint density at radius 1 is 1.03 bits per heavy atom. The molecule has 0 bridgehead atoms. The summed E-state index contributed by atoms with van der Waals surface area (Å²) in [5.74, 6) is 2.32. The fourth-order valence-electron chi connectivity index (χ4n) is 3.33. The van der Waals surface area contributed by atoms with Gasteiger partial charge in [0, 0.05) is 5.75 Å². The third-order valence-corrected chi connectivity index (χ3v) is 5.80. The molecule has 32 heavy (non-hydrogen) atoms. The van der Waals surface area contributed by atoms with Crippen LogP contribution in [0.4, 0.5) is 0 Å². The zero-order chi connectivity index (χ0) is 22.7. The van der Waals surface area contributed by atoms with Gasteiger partial charge < -0.3 is 19.0 Å². The Kier molecular flexibility index (Phi) is 6.18. The molecule has 2 aromatic heterocycles. The van der Waals surface area contributed by atoms with Crippen LogP contribution in [0.15, 0.2) is 64.2 Å². The Morgan fingerprint density at radius 2 is 1.75 bits per heavy atom. The molecule has 0 spiro atoms. The van der Waals surface area contributed by atoms with Crippen molar-refractivity contribution < 1.29 is 23.8 Å². The molecule has 1 N–H and O–H groups in total. The number of carboxylic acids is 1. The Labute approximate surface area is 188 Å². The van der Waals surface area contributed by atoms with Gasteiger partial charge in [-0.15, -0.1) is 10.2 Å². The summed E-state index contributed by atoms with van der Waals surface area (Å²) in [7, 11) is 3.16. The van der Waals surface area contributed by atoms with Crippen LogP contribution in [0.2, 0.25) is 0 Å². The maximum Gasteiger partial charge on any atom is 0.335 e. The van der Waals surface area contributed by atoms with Gasteiger partial charge in [-0.25, -0.2) is 4.79 Å². The first-order valence-corrected chi connectivity index (χ1v) is 10.7. The van der Waals surface area contributed by atoms with E-state index in [9.17, 15) is 9.90 Å². The topological polar surface area (TPSA) is 99.6 Å². The molecule has 0 aliphatic heterocycles. The van der Waals surface area contributed by atoms with E-state index >= 15 is 0 Å². The Morgan fingerprint density at radius 3 is 2.38 bits per heavy atom. The molecule has 0 saturated carbocycles. The van der Waals surface area contributed by atoms with Crippen LogP contribution < -0.4 is 9.47 Å². The minimum atomic E-state index is -0.971. The number of methoxy groups -OCH3 is 2. The zero-order valence-electron chi connectivity index (χ0n) is 17.7. The van der Waals surface area contributed by atoms with Crippen molar-refractivity contribution in [2.75, 3.05) is 14.2 Å². The number of carboxylic acid groups (broad SMARTS) is 1. The molecule has 8 nitrogen and oxygen atoms in total. The first-order chi connectivity index (χ1) is 15.5. The van der Waals surface area contributed by atoms with Gasteiger partial charge >= 0.3 is 5.97 Å². The molecule has 4 rings (SSSR count). The molecule has 0 radical (unpaired) electrons. The lowest BCUT2D eigenvalue weighted by Crippen LogP contribution is -2.05. The van der Waals surface area contributed by atoms with Gasteiger partial charge in [-0.3, -0.25) is 4.57 Å². The van der Waals surface area contributed by atoms with Gasteiger partial charge in [0.1, 0.15) is 22.9 Å². The predicted octanol–water partition coefficient (Wildman–Crippen LogP) is 4.84. The van der Waals surface area contributed by atoms with Crippen molar-refractivity contribution in [1.82, 2.24) is 14.8 Å². The van der Waals surface area contributed by atoms with E-state index < -0.39 is 5.97 Å². The van der Waals surface area contributed by atoms with Gasteiger partial charge in [0.05, 0.1) is 19.8 Å². The van der Waals surface area contributed by atoms with Crippen LogP contribution in [0.5, 0.6) is 11.5 Å². The SMILES string of the molecule is COc1cccc(OC)c1-n1c(SCc2ccccc2C(=O)O)nnc1-c1ccc(C)o1. The van der Waals surface area contributed by atoms with E-state index in [0.717, 1.165) is 5.76 Å². The molecule has 0 unspecified atom stereocenters. The minimum Gasteiger partial charge on any atom is -0.494 e. The zero-order valence-corrected chi connectivity index (χ0v) is 18.5. The second-order valence-electron chi connectivity index (χ2n) is 6.81. The summed E-state index contributed by atoms with van der Waals surface area (Å²) in [6, 6.07) is 16.0. The number of furan rings is 1. The van der Waals surface area contributed by atoms with E-state index in [1.807, 2.05) is 47.9 Å². The van der Waals surface area contributed by atoms with E-state index in [1.54, 1.807) is 32.4 Å². The molecule has 0 fully saturated rings. The standard InChI is InChI=1S/C23H21N3O5S/c1-14-11-12-19(31-14)21-24-25-23(32-13-15-7-4-5-8-16(15)22(27)28)26(21)20-17(29-2)9-6-10-18(20)30-3/h4-12H,13H2,1-3H3,(H,27,28). The molecule has 9 heteroatoms. The van der Waals surface area contributed by atoms with Crippen molar-refractivity contribution in [3.8, 4) is 28.8 Å². The second kappa shape index (κ2) is 9.19. The summed E-state index contributed by atoms with van der Waals surface area (Å²) in [5.41, 5.74) is 1.56. The maximum atomic E-state index is 11.6. The highest BCUT2D eigenvalue weighted by atomic mass is 32.2. The number of carbonyl (C=O) groups is 1. The molecular formula is C23H21N3O5S. The summed E-state index contributed by atoms with van der Waals surface area (Å²) in [4.78, 5) is 11.6. The van der Waals surface area contributed by atoms with Crippen molar-refractivity contribution in [2.45, 2.75) is 17.8 Å². The number of thioether (sulfide) groups is 1. The van der Waals surface area contributed by atoms with Crippen LogP contribution in [-0.2, 0) is 5.75 Å². The number of hydrogen-bond donors (Lipinski definition) is 1. The van der Waals surface area contributed by atoms with Crippen LogP contribution in [0, 0.1) is 6.92 Å². The van der Waals surface area contributed by atoms with E-state index in [1.165, 1.54) is 11.8 Å². The molecule has 2 aromatic carbocycles. The summed E-state index contributed by atoms with van der Waals surface area (Å²) >= 11 is 1.36. The van der Waals surface area contributed by atoms with E-state index in [-0.39, 0.29) is 5.56 Å². The molecule has 4 aromatic rings. The number of rotatable bonds is 8. The maximum absolute atomic E-state index is 11.6. The molecule has 164 valence electrons. The van der Waals surface area contributed by atoms with Gasteiger partial charge in [-0.1, -0.05) is 36.0 Å². The Hall–Kier alpha value is -3.72.